The number of Topliss-reactive ketones (excluding diaryl/α,β-unsaturated/α-hetero) is 1. The van der Waals surface area contributed by atoms with Crippen LogP contribution in [-0.4, -0.2) is 5.78 Å². The van der Waals surface area contributed by atoms with Crippen molar-refractivity contribution in [3.8, 4) is 11.8 Å². The van der Waals surface area contributed by atoms with Crippen molar-refractivity contribution in [3.05, 3.63) is 87.5 Å². The predicted molar refractivity (Wildman–Crippen MR) is 109 cm³/mol. The molecule has 2 aliphatic rings. The van der Waals surface area contributed by atoms with Gasteiger partial charge in [-0.15, -0.1) is 0 Å². The molecule has 1 unspecified atom stereocenters. The lowest BCUT2D eigenvalue weighted by Crippen LogP contribution is -2.27. The van der Waals surface area contributed by atoms with Crippen LogP contribution in [-0.2, 0) is 16.1 Å². The molecule has 29 heavy (non-hydrogen) atoms. The predicted octanol–water partition coefficient (Wildman–Crippen LogP) is 4.73. The minimum absolute atomic E-state index is 0.0135. The summed E-state index contributed by atoms with van der Waals surface area (Å²) in [5.41, 5.74) is 8.62. The van der Waals surface area contributed by atoms with Crippen LogP contribution in [0, 0.1) is 11.3 Å². The molecule has 1 aliphatic carbocycles. The molecular weight excluding hydrogens is 388 g/mol. The Hall–Kier alpha value is -3.23. The van der Waals surface area contributed by atoms with Gasteiger partial charge in [0.15, 0.2) is 5.78 Å². The van der Waals surface area contributed by atoms with Crippen LogP contribution in [0.15, 0.2) is 71.3 Å². The molecule has 2 N–H and O–H groups in total. The standard InChI is InChI=1S/C23H19ClN2O3/c24-16-8-4-14(5-9-16)13-28-17-10-6-15(7-11-17)21-18(12-25)23(26)29-20-3-1-2-19(27)22(20)21/h4-11,21H,1-3,13,26H2. The molecule has 0 saturated heterocycles. The van der Waals surface area contributed by atoms with E-state index in [1.807, 2.05) is 48.5 Å². The highest BCUT2D eigenvalue weighted by Gasteiger charge is 2.37. The van der Waals surface area contributed by atoms with Gasteiger partial charge < -0.3 is 15.2 Å². The highest BCUT2D eigenvalue weighted by Crippen LogP contribution is 2.43. The fraction of sp³-hybridized carbons (Fsp3) is 0.217. The van der Waals surface area contributed by atoms with Gasteiger partial charge >= 0.3 is 0 Å². The van der Waals surface area contributed by atoms with Gasteiger partial charge in [-0.3, -0.25) is 4.79 Å². The van der Waals surface area contributed by atoms with Gasteiger partial charge in [-0.1, -0.05) is 35.9 Å². The van der Waals surface area contributed by atoms with Gasteiger partial charge in [0.2, 0.25) is 5.88 Å². The molecule has 0 amide bonds. The van der Waals surface area contributed by atoms with E-state index >= 15 is 0 Å². The number of carbonyl (C=O) groups excluding carboxylic acids is 1. The van der Waals surface area contributed by atoms with E-state index in [2.05, 4.69) is 6.07 Å². The first-order valence-corrected chi connectivity index (χ1v) is 9.75. The summed E-state index contributed by atoms with van der Waals surface area (Å²) < 4.78 is 11.4. The lowest BCUT2D eigenvalue weighted by atomic mass is 9.77. The Morgan fingerprint density at radius 2 is 1.86 bits per heavy atom. The fourth-order valence-electron chi connectivity index (χ4n) is 3.69. The minimum Gasteiger partial charge on any atom is -0.489 e. The second-order valence-corrected chi connectivity index (χ2v) is 7.46. The molecule has 0 aromatic heterocycles. The third-order valence-electron chi connectivity index (χ3n) is 5.14. The SMILES string of the molecule is N#CC1=C(N)OC2=C(C(=O)CCC2)C1c1ccc(OCc2ccc(Cl)cc2)cc1. The Balaban J connectivity index is 1.58. The van der Waals surface area contributed by atoms with E-state index in [-0.39, 0.29) is 17.2 Å². The second kappa shape index (κ2) is 8.02. The summed E-state index contributed by atoms with van der Waals surface area (Å²) in [6, 6.07) is 17.0. The van der Waals surface area contributed by atoms with Gasteiger partial charge in [0, 0.05) is 23.4 Å². The number of carbonyl (C=O) groups is 1. The van der Waals surface area contributed by atoms with E-state index in [1.165, 1.54) is 0 Å². The fourth-order valence-corrected chi connectivity index (χ4v) is 3.82. The second-order valence-electron chi connectivity index (χ2n) is 7.02. The van der Waals surface area contributed by atoms with Crippen molar-refractivity contribution < 1.29 is 14.3 Å². The van der Waals surface area contributed by atoms with Crippen LogP contribution < -0.4 is 10.5 Å². The number of benzene rings is 2. The summed E-state index contributed by atoms with van der Waals surface area (Å²) in [6.07, 6.45) is 1.84. The minimum atomic E-state index is -0.498. The first-order valence-electron chi connectivity index (χ1n) is 9.38. The largest absolute Gasteiger partial charge is 0.489 e. The number of allylic oxidation sites excluding steroid dienone is 3. The number of hydrogen-bond donors (Lipinski definition) is 1. The molecular formula is C23H19ClN2O3. The highest BCUT2D eigenvalue weighted by atomic mass is 35.5. The molecule has 1 heterocycles. The quantitative estimate of drug-likeness (QED) is 0.792. The molecule has 0 spiro atoms. The van der Waals surface area contributed by atoms with Gasteiger partial charge in [0.25, 0.3) is 0 Å². The van der Waals surface area contributed by atoms with Gasteiger partial charge in [-0.05, 0) is 41.8 Å². The zero-order valence-electron chi connectivity index (χ0n) is 15.7. The number of hydrogen-bond acceptors (Lipinski definition) is 5. The molecule has 5 nitrogen and oxygen atoms in total. The molecule has 0 bridgehead atoms. The Labute approximate surface area is 174 Å². The Morgan fingerprint density at radius 3 is 2.55 bits per heavy atom. The number of nitriles is 1. The van der Waals surface area contributed by atoms with E-state index in [9.17, 15) is 10.1 Å². The maximum atomic E-state index is 12.6. The number of nitrogens with two attached hydrogens (primary N) is 1. The average Bonchev–Trinajstić information content (AvgIpc) is 2.73. The molecule has 2 aromatic carbocycles. The number of ketones is 1. The van der Waals surface area contributed by atoms with E-state index < -0.39 is 5.92 Å². The molecule has 4 rings (SSSR count). The van der Waals surface area contributed by atoms with Crippen LogP contribution in [0.25, 0.3) is 0 Å². The molecule has 1 aliphatic heterocycles. The molecule has 146 valence electrons. The van der Waals surface area contributed by atoms with Crippen molar-refractivity contribution in [1.29, 1.82) is 5.26 Å². The zero-order chi connectivity index (χ0) is 20.4. The monoisotopic (exact) mass is 406 g/mol. The van der Waals surface area contributed by atoms with E-state index in [4.69, 9.17) is 26.8 Å². The normalized spacial score (nSPS) is 18.8. The van der Waals surface area contributed by atoms with Crippen LogP contribution in [0.3, 0.4) is 0 Å². The summed E-state index contributed by atoms with van der Waals surface area (Å²) in [4.78, 5) is 12.6. The molecule has 6 heteroatoms. The van der Waals surface area contributed by atoms with Crippen molar-refractivity contribution in [3.63, 3.8) is 0 Å². The molecule has 1 atom stereocenters. The van der Waals surface area contributed by atoms with Crippen LogP contribution >= 0.6 is 11.6 Å². The summed E-state index contributed by atoms with van der Waals surface area (Å²) in [5, 5.41) is 10.3. The maximum Gasteiger partial charge on any atom is 0.205 e. The van der Waals surface area contributed by atoms with Crippen LogP contribution in [0.1, 0.15) is 36.3 Å². The van der Waals surface area contributed by atoms with Gasteiger partial charge in [0.05, 0.1) is 5.92 Å². The van der Waals surface area contributed by atoms with Crippen molar-refractivity contribution >= 4 is 17.4 Å². The summed E-state index contributed by atoms with van der Waals surface area (Å²) in [7, 11) is 0. The molecule has 2 aromatic rings. The molecule has 0 radical (unpaired) electrons. The number of nitrogens with zero attached hydrogens (tertiary/aromatic N) is 1. The third-order valence-corrected chi connectivity index (χ3v) is 5.39. The Kier molecular flexibility index (Phi) is 5.28. The van der Waals surface area contributed by atoms with E-state index in [0.29, 0.717) is 41.6 Å². The first kappa shape index (κ1) is 19.1. The molecule has 0 fully saturated rings. The smallest absolute Gasteiger partial charge is 0.205 e. The lowest BCUT2D eigenvalue weighted by Gasteiger charge is -2.31. The van der Waals surface area contributed by atoms with Crippen molar-refractivity contribution in [2.75, 3.05) is 0 Å². The highest BCUT2D eigenvalue weighted by molar-refractivity contribution is 6.30. The third kappa shape index (κ3) is 3.85. The summed E-state index contributed by atoms with van der Waals surface area (Å²) >= 11 is 5.90. The Bertz CT molecular complexity index is 1050. The van der Waals surface area contributed by atoms with Gasteiger partial charge in [-0.25, -0.2) is 0 Å². The topological polar surface area (TPSA) is 85.3 Å². The van der Waals surface area contributed by atoms with Crippen molar-refractivity contribution in [2.24, 2.45) is 5.73 Å². The Morgan fingerprint density at radius 1 is 1.14 bits per heavy atom. The summed E-state index contributed by atoms with van der Waals surface area (Å²) in [6.45, 7) is 0.415. The van der Waals surface area contributed by atoms with Gasteiger partial charge in [0.1, 0.15) is 29.8 Å². The zero-order valence-corrected chi connectivity index (χ0v) is 16.4. The molecule has 0 saturated carbocycles. The summed E-state index contributed by atoms with van der Waals surface area (Å²) in [5.74, 6) is 0.872. The van der Waals surface area contributed by atoms with Crippen molar-refractivity contribution in [2.45, 2.75) is 31.8 Å². The maximum absolute atomic E-state index is 12.6. The number of halogens is 1. The van der Waals surface area contributed by atoms with Crippen molar-refractivity contribution in [1.82, 2.24) is 0 Å². The first-order chi connectivity index (χ1) is 14.1. The number of rotatable bonds is 4. The lowest BCUT2D eigenvalue weighted by molar-refractivity contribution is -0.116. The van der Waals surface area contributed by atoms with Crippen LogP contribution in [0.4, 0.5) is 0 Å². The van der Waals surface area contributed by atoms with Crippen LogP contribution in [0.2, 0.25) is 5.02 Å². The number of ether oxygens (including phenoxy) is 2. The van der Waals surface area contributed by atoms with E-state index in [1.54, 1.807) is 0 Å². The van der Waals surface area contributed by atoms with Crippen LogP contribution in [0.5, 0.6) is 5.75 Å². The van der Waals surface area contributed by atoms with Gasteiger partial charge in [-0.2, -0.15) is 5.26 Å². The van der Waals surface area contributed by atoms with E-state index in [0.717, 1.165) is 17.5 Å². The average molecular weight is 407 g/mol.